The summed E-state index contributed by atoms with van der Waals surface area (Å²) in [6.07, 6.45) is 10.1. The second-order valence-electron chi connectivity index (χ2n) is 6.30. The maximum atomic E-state index is 6.12. The quantitative estimate of drug-likeness (QED) is 0.786. The molecule has 0 amide bonds. The van der Waals surface area contributed by atoms with E-state index in [4.69, 9.17) is 11.6 Å². The number of H-pyrrole nitrogens is 1. The Bertz CT molecular complexity index is 787. The predicted molar refractivity (Wildman–Crippen MR) is 94.8 cm³/mol. The summed E-state index contributed by atoms with van der Waals surface area (Å²) in [6.45, 7) is 3.08. The van der Waals surface area contributed by atoms with Gasteiger partial charge in [0.15, 0.2) is 0 Å². The van der Waals surface area contributed by atoms with E-state index in [-0.39, 0.29) is 0 Å². The Balaban J connectivity index is 1.43. The van der Waals surface area contributed by atoms with Crippen molar-refractivity contribution >= 4 is 11.6 Å². The minimum Gasteiger partial charge on any atom is -0.334 e. The monoisotopic (exact) mass is 341 g/mol. The molecule has 0 atom stereocenters. The van der Waals surface area contributed by atoms with Gasteiger partial charge in [0.05, 0.1) is 18.2 Å². The van der Waals surface area contributed by atoms with Gasteiger partial charge in [0, 0.05) is 54.2 Å². The Hall–Kier alpha value is -2.11. The zero-order chi connectivity index (χ0) is 16.4. The van der Waals surface area contributed by atoms with Gasteiger partial charge < -0.3 is 4.57 Å². The molecule has 1 aliphatic rings. The lowest BCUT2D eigenvalue weighted by molar-refractivity contribution is 0.180. The lowest BCUT2D eigenvalue weighted by Crippen LogP contribution is -2.34. The van der Waals surface area contributed by atoms with Gasteiger partial charge in [-0.1, -0.05) is 23.7 Å². The average molecular weight is 342 g/mol. The molecule has 4 rings (SSSR count). The molecule has 2 aromatic heterocycles. The molecule has 3 aromatic rings. The number of aromatic nitrogens is 4. The number of nitrogens with one attached hydrogen (secondary N) is 1. The number of imidazole rings is 1. The Morgan fingerprint density at radius 2 is 2.12 bits per heavy atom. The molecule has 1 saturated heterocycles. The van der Waals surface area contributed by atoms with E-state index in [2.05, 4.69) is 36.9 Å². The zero-order valence-electron chi connectivity index (χ0n) is 13.4. The second-order valence-corrected chi connectivity index (χ2v) is 6.73. The number of halogens is 1. The number of likely N-dealkylation sites (tertiary alicyclic amines) is 1. The minimum atomic E-state index is 0.570. The van der Waals surface area contributed by atoms with E-state index < -0.39 is 0 Å². The number of piperidine rings is 1. The molecule has 0 spiro atoms. The maximum absolute atomic E-state index is 6.12. The number of nitrogens with zero attached hydrogens (tertiary/aromatic N) is 4. The van der Waals surface area contributed by atoms with E-state index in [0.29, 0.717) is 6.04 Å². The van der Waals surface area contributed by atoms with Crippen molar-refractivity contribution in [2.45, 2.75) is 25.4 Å². The second kappa shape index (κ2) is 6.79. The van der Waals surface area contributed by atoms with Crippen LogP contribution in [0.15, 0.2) is 49.2 Å². The standard InChI is InChI=1S/C18H20ClN5/c19-16-3-1-2-14(10-16)18-15(11-21-22-18)12-23-7-4-17(5-8-23)24-9-6-20-13-24/h1-3,6,9-11,13,17H,4-5,7-8,12H2,(H,21,22). The van der Waals surface area contributed by atoms with Crippen LogP contribution in [0.4, 0.5) is 0 Å². The fraction of sp³-hybridized carbons (Fsp3) is 0.333. The molecule has 1 fully saturated rings. The number of rotatable bonds is 4. The first kappa shape index (κ1) is 15.4. The first-order valence-electron chi connectivity index (χ1n) is 8.27. The number of aromatic amines is 1. The van der Waals surface area contributed by atoms with Gasteiger partial charge in [0.2, 0.25) is 0 Å². The predicted octanol–water partition coefficient (Wildman–Crippen LogP) is 3.76. The molecule has 0 aliphatic carbocycles. The van der Waals surface area contributed by atoms with Gasteiger partial charge in [-0.15, -0.1) is 0 Å². The van der Waals surface area contributed by atoms with Crippen LogP contribution < -0.4 is 0 Å². The van der Waals surface area contributed by atoms with E-state index in [1.165, 1.54) is 5.56 Å². The average Bonchev–Trinajstić information content (AvgIpc) is 3.27. The van der Waals surface area contributed by atoms with Crippen LogP contribution in [-0.2, 0) is 6.54 Å². The SMILES string of the molecule is Clc1cccc(-c2[nH]ncc2CN2CCC(n3ccnc3)CC2)c1. The molecule has 1 aromatic carbocycles. The van der Waals surface area contributed by atoms with Gasteiger partial charge in [0.1, 0.15) is 0 Å². The molecular weight excluding hydrogens is 322 g/mol. The third-order valence-electron chi connectivity index (χ3n) is 4.73. The van der Waals surface area contributed by atoms with Crippen molar-refractivity contribution in [3.8, 4) is 11.3 Å². The van der Waals surface area contributed by atoms with Gasteiger partial charge in [-0.3, -0.25) is 10.00 Å². The molecule has 0 radical (unpaired) electrons. The van der Waals surface area contributed by atoms with Gasteiger partial charge in [-0.05, 0) is 25.0 Å². The van der Waals surface area contributed by atoms with Crippen molar-refractivity contribution in [2.75, 3.05) is 13.1 Å². The maximum Gasteiger partial charge on any atom is 0.0948 e. The van der Waals surface area contributed by atoms with Crippen LogP contribution in [0.5, 0.6) is 0 Å². The summed E-state index contributed by atoms with van der Waals surface area (Å²) < 4.78 is 2.23. The number of hydrogen-bond donors (Lipinski definition) is 1. The largest absolute Gasteiger partial charge is 0.334 e. The molecule has 0 unspecified atom stereocenters. The Morgan fingerprint density at radius 3 is 2.88 bits per heavy atom. The lowest BCUT2D eigenvalue weighted by Gasteiger charge is -2.32. The molecule has 5 nitrogen and oxygen atoms in total. The van der Waals surface area contributed by atoms with Gasteiger partial charge in [-0.25, -0.2) is 4.98 Å². The summed E-state index contributed by atoms with van der Waals surface area (Å²) in [6, 6.07) is 8.47. The van der Waals surface area contributed by atoms with Crippen LogP contribution in [0.3, 0.4) is 0 Å². The summed E-state index contributed by atoms with van der Waals surface area (Å²) in [5.41, 5.74) is 3.37. The molecular formula is C18H20ClN5. The fourth-order valence-electron chi connectivity index (χ4n) is 3.43. The van der Waals surface area contributed by atoms with Crippen molar-refractivity contribution in [3.63, 3.8) is 0 Å². The number of hydrogen-bond acceptors (Lipinski definition) is 3. The normalized spacial score (nSPS) is 16.5. The van der Waals surface area contributed by atoms with Crippen LogP contribution in [-0.4, -0.2) is 37.7 Å². The van der Waals surface area contributed by atoms with Gasteiger partial charge in [0.25, 0.3) is 0 Å². The smallest absolute Gasteiger partial charge is 0.0948 e. The van der Waals surface area contributed by atoms with Gasteiger partial charge in [-0.2, -0.15) is 5.10 Å². The summed E-state index contributed by atoms with van der Waals surface area (Å²) in [4.78, 5) is 6.65. The molecule has 1 N–H and O–H groups in total. The van der Waals surface area contributed by atoms with E-state index in [0.717, 1.165) is 48.8 Å². The van der Waals surface area contributed by atoms with E-state index >= 15 is 0 Å². The Kier molecular flexibility index (Phi) is 4.36. The lowest BCUT2D eigenvalue weighted by atomic mass is 10.0. The summed E-state index contributed by atoms with van der Waals surface area (Å²) in [7, 11) is 0. The summed E-state index contributed by atoms with van der Waals surface area (Å²) in [5.74, 6) is 0. The fourth-order valence-corrected chi connectivity index (χ4v) is 3.62. The molecule has 124 valence electrons. The van der Waals surface area contributed by atoms with Crippen molar-refractivity contribution in [2.24, 2.45) is 0 Å². The molecule has 24 heavy (non-hydrogen) atoms. The Morgan fingerprint density at radius 1 is 1.25 bits per heavy atom. The van der Waals surface area contributed by atoms with Crippen molar-refractivity contribution < 1.29 is 0 Å². The molecule has 0 saturated carbocycles. The minimum absolute atomic E-state index is 0.570. The molecule has 3 heterocycles. The third kappa shape index (κ3) is 3.23. The highest BCUT2D eigenvalue weighted by atomic mass is 35.5. The topological polar surface area (TPSA) is 49.7 Å². The van der Waals surface area contributed by atoms with E-state index in [9.17, 15) is 0 Å². The molecule has 0 bridgehead atoms. The molecule has 6 heteroatoms. The highest BCUT2D eigenvalue weighted by Gasteiger charge is 2.21. The van der Waals surface area contributed by atoms with Crippen molar-refractivity contribution in [1.82, 2.24) is 24.6 Å². The van der Waals surface area contributed by atoms with Crippen molar-refractivity contribution in [3.05, 3.63) is 59.8 Å². The Labute approximate surface area is 146 Å². The first-order chi connectivity index (χ1) is 11.8. The zero-order valence-corrected chi connectivity index (χ0v) is 14.2. The van der Waals surface area contributed by atoms with E-state index in [1.54, 1.807) is 0 Å². The van der Waals surface area contributed by atoms with E-state index in [1.807, 2.05) is 36.9 Å². The van der Waals surface area contributed by atoms with Crippen LogP contribution in [0.25, 0.3) is 11.3 Å². The van der Waals surface area contributed by atoms with Crippen LogP contribution in [0, 0.1) is 0 Å². The first-order valence-corrected chi connectivity index (χ1v) is 8.65. The van der Waals surface area contributed by atoms with Crippen molar-refractivity contribution in [1.29, 1.82) is 0 Å². The van der Waals surface area contributed by atoms with Gasteiger partial charge >= 0.3 is 0 Å². The highest BCUT2D eigenvalue weighted by Crippen LogP contribution is 2.27. The third-order valence-corrected chi connectivity index (χ3v) is 4.96. The summed E-state index contributed by atoms with van der Waals surface area (Å²) in [5, 5.41) is 8.11. The summed E-state index contributed by atoms with van der Waals surface area (Å²) >= 11 is 6.12. The van der Waals surface area contributed by atoms with Crippen LogP contribution in [0.1, 0.15) is 24.4 Å². The highest BCUT2D eigenvalue weighted by molar-refractivity contribution is 6.30. The van der Waals surface area contributed by atoms with Crippen LogP contribution >= 0.6 is 11.6 Å². The van der Waals surface area contributed by atoms with Crippen LogP contribution in [0.2, 0.25) is 5.02 Å². The molecule has 1 aliphatic heterocycles. The number of benzene rings is 1.